The Bertz CT molecular complexity index is 1200. The molecule has 0 aliphatic carbocycles. The molecule has 8 heteroatoms. The van der Waals surface area contributed by atoms with Crippen LogP contribution in [0.5, 0.6) is 34.5 Å². The Labute approximate surface area is 195 Å². The Morgan fingerprint density at radius 1 is 0.441 bits per heavy atom. The van der Waals surface area contributed by atoms with Crippen LogP contribution in [0.4, 0.5) is 11.4 Å². The maximum absolute atomic E-state index is 9.54. The molecular weight excluding hydrogens is 436 g/mol. The smallest absolute Gasteiger partial charge is 0.166 e. The van der Waals surface area contributed by atoms with Gasteiger partial charge in [-0.15, -0.1) is 0 Å². The lowest BCUT2D eigenvalue weighted by atomic mass is 10.2. The molecule has 4 rings (SSSR count). The van der Waals surface area contributed by atoms with Gasteiger partial charge in [0.05, 0.1) is 11.4 Å². The predicted octanol–water partition coefficient (Wildman–Crippen LogP) is 5.11. The quantitative estimate of drug-likeness (QED) is 0.185. The van der Waals surface area contributed by atoms with E-state index in [2.05, 4.69) is 9.98 Å². The van der Waals surface area contributed by atoms with E-state index in [4.69, 9.17) is 10.2 Å². The fraction of sp³-hybridized carbons (Fsp3) is 0. The van der Waals surface area contributed by atoms with Gasteiger partial charge in [-0.25, -0.2) is 0 Å². The number of hydrogen-bond acceptors (Lipinski definition) is 8. The highest BCUT2D eigenvalue weighted by molar-refractivity contribution is 5.87. The van der Waals surface area contributed by atoms with E-state index in [9.17, 15) is 20.4 Å². The summed E-state index contributed by atoms with van der Waals surface area (Å²) >= 11 is 0. The molecule has 0 atom stereocenters. The summed E-state index contributed by atoms with van der Waals surface area (Å²) in [5.74, 6) is -0.419. The van der Waals surface area contributed by atoms with Crippen LogP contribution in [0.15, 0.2) is 94.9 Å². The van der Waals surface area contributed by atoms with E-state index >= 15 is 0 Å². The second kappa shape index (κ2) is 11.1. The van der Waals surface area contributed by atoms with Gasteiger partial charge in [0.2, 0.25) is 0 Å². The zero-order valence-electron chi connectivity index (χ0n) is 17.8. The van der Waals surface area contributed by atoms with E-state index in [1.54, 1.807) is 48.5 Å². The Kier molecular flexibility index (Phi) is 7.70. The average molecular weight is 458 g/mol. The summed E-state index contributed by atoms with van der Waals surface area (Å²) in [4.78, 5) is 8.22. The van der Waals surface area contributed by atoms with Crippen molar-refractivity contribution in [3.8, 4) is 34.5 Å². The van der Waals surface area contributed by atoms with Crippen molar-refractivity contribution in [3.63, 3.8) is 0 Å². The number of benzene rings is 4. The van der Waals surface area contributed by atoms with Crippen molar-refractivity contribution in [2.24, 2.45) is 9.98 Å². The lowest BCUT2D eigenvalue weighted by Crippen LogP contribution is -1.82. The Morgan fingerprint density at radius 3 is 1.15 bits per heavy atom. The van der Waals surface area contributed by atoms with Crippen LogP contribution in [0.1, 0.15) is 11.1 Å². The number of rotatable bonds is 4. The van der Waals surface area contributed by atoms with Crippen LogP contribution in [0, 0.1) is 0 Å². The first kappa shape index (κ1) is 23.7. The van der Waals surface area contributed by atoms with E-state index in [-0.39, 0.29) is 34.5 Å². The van der Waals surface area contributed by atoms with Crippen molar-refractivity contribution in [1.29, 1.82) is 0 Å². The largest absolute Gasteiger partial charge is 0.508 e. The van der Waals surface area contributed by atoms with Crippen LogP contribution in [-0.2, 0) is 0 Å². The van der Waals surface area contributed by atoms with Crippen molar-refractivity contribution in [3.05, 3.63) is 96.1 Å². The number of aromatic hydroxyl groups is 6. The molecule has 0 bridgehead atoms. The monoisotopic (exact) mass is 458 g/mol. The Balaban J connectivity index is 0.000000191. The average Bonchev–Trinajstić information content (AvgIpc) is 2.83. The molecule has 0 aromatic heterocycles. The van der Waals surface area contributed by atoms with Gasteiger partial charge in [-0.05, 0) is 72.8 Å². The minimum atomic E-state index is -0.199. The van der Waals surface area contributed by atoms with Gasteiger partial charge < -0.3 is 30.6 Å². The number of phenols is 6. The molecule has 0 aliphatic rings. The Hall–Kier alpha value is -4.98. The fourth-order valence-electron chi connectivity index (χ4n) is 2.67. The lowest BCUT2D eigenvalue weighted by Gasteiger charge is -2.00. The molecular formula is C26H22N2O6. The molecule has 34 heavy (non-hydrogen) atoms. The van der Waals surface area contributed by atoms with Gasteiger partial charge in [-0.3, -0.25) is 9.98 Å². The highest BCUT2D eigenvalue weighted by Gasteiger charge is 2.03. The molecule has 4 aromatic carbocycles. The summed E-state index contributed by atoms with van der Waals surface area (Å²) in [7, 11) is 0. The predicted molar refractivity (Wildman–Crippen MR) is 130 cm³/mol. The zero-order valence-corrected chi connectivity index (χ0v) is 17.8. The topological polar surface area (TPSA) is 146 Å². The standard InChI is InChI=1S/2C13H11NO3/c2*15-11-6-4-10(5-7-11)14-8-9-2-1-3-12(16)13(9)17/h2*1-8,15-17H. The molecule has 0 radical (unpaired) electrons. The number of aliphatic imine (C=N–C) groups is 2. The van der Waals surface area contributed by atoms with E-state index in [0.29, 0.717) is 22.5 Å². The second-order valence-corrected chi connectivity index (χ2v) is 6.98. The molecule has 172 valence electrons. The normalized spacial score (nSPS) is 10.8. The van der Waals surface area contributed by atoms with E-state index in [1.165, 1.54) is 48.8 Å². The van der Waals surface area contributed by atoms with Gasteiger partial charge in [0.15, 0.2) is 23.0 Å². The number of phenolic OH excluding ortho intramolecular Hbond substituents is 6. The van der Waals surface area contributed by atoms with Crippen molar-refractivity contribution < 1.29 is 30.6 Å². The van der Waals surface area contributed by atoms with Gasteiger partial charge in [0, 0.05) is 23.6 Å². The molecule has 0 heterocycles. The summed E-state index contributed by atoms with van der Waals surface area (Å²) in [6, 6.07) is 22.0. The van der Waals surface area contributed by atoms with Gasteiger partial charge >= 0.3 is 0 Å². The molecule has 0 saturated carbocycles. The highest BCUT2D eigenvalue weighted by Crippen LogP contribution is 2.28. The van der Waals surface area contributed by atoms with Crippen LogP contribution in [0.25, 0.3) is 0 Å². The molecule has 0 amide bonds. The van der Waals surface area contributed by atoms with E-state index in [1.807, 2.05) is 0 Å². The van der Waals surface area contributed by atoms with Gasteiger partial charge in [0.1, 0.15) is 11.5 Å². The molecule has 0 unspecified atom stereocenters. The first-order valence-electron chi connectivity index (χ1n) is 10.0. The fourth-order valence-corrected chi connectivity index (χ4v) is 2.67. The van der Waals surface area contributed by atoms with E-state index in [0.717, 1.165) is 0 Å². The van der Waals surface area contributed by atoms with Crippen molar-refractivity contribution in [2.75, 3.05) is 0 Å². The molecule has 8 nitrogen and oxygen atoms in total. The van der Waals surface area contributed by atoms with Gasteiger partial charge in [0.25, 0.3) is 0 Å². The summed E-state index contributed by atoms with van der Waals surface area (Å²) < 4.78 is 0. The van der Waals surface area contributed by atoms with Crippen LogP contribution >= 0.6 is 0 Å². The summed E-state index contributed by atoms with van der Waals surface area (Å²) in [5.41, 5.74) is 2.15. The van der Waals surface area contributed by atoms with Crippen LogP contribution in [0.2, 0.25) is 0 Å². The third-order valence-corrected chi connectivity index (χ3v) is 4.50. The minimum Gasteiger partial charge on any atom is -0.508 e. The Morgan fingerprint density at radius 2 is 0.794 bits per heavy atom. The summed E-state index contributed by atoms with van der Waals surface area (Å²) in [6.45, 7) is 0. The number of nitrogens with zero attached hydrogens (tertiary/aromatic N) is 2. The first-order chi connectivity index (χ1) is 16.3. The zero-order chi connectivity index (χ0) is 24.5. The van der Waals surface area contributed by atoms with Crippen molar-refractivity contribution in [1.82, 2.24) is 0 Å². The molecule has 4 aromatic rings. The second-order valence-electron chi connectivity index (χ2n) is 6.98. The molecule has 0 spiro atoms. The molecule has 0 saturated heterocycles. The molecule has 0 fully saturated rings. The summed E-state index contributed by atoms with van der Waals surface area (Å²) in [5, 5.41) is 55.8. The number of hydrogen-bond donors (Lipinski definition) is 6. The number of para-hydroxylation sites is 2. The van der Waals surface area contributed by atoms with Crippen LogP contribution < -0.4 is 0 Å². The van der Waals surface area contributed by atoms with Crippen LogP contribution in [-0.4, -0.2) is 43.1 Å². The van der Waals surface area contributed by atoms with Crippen molar-refractivity contribution >= 4 is 23.8 Å². The first-order valence-corrected chi connectivity index (χ1v) is 10.0. The third kappa shape index (κ3) is 6.51. The highest BCUT2D eigenvalue weighted by atomic mass is 16.3. The van der Waals surface area contributed by atoms with Gasteiger partial charge in [-0.2, -0.15) is 0 Å². The maximum atomic E-state index is 9.54. The third-order valence-electron chi connectivity index (χ3n) is 4.50. The summed E-state index contributed by atoms with van der Waals surface area (Å²) in [6.07, 6.45) is 2.89. The molecule has 0 aliphatic heterocycles. The SMILES string of the molecule is Oc1ccc(N=Cc2cccc(O)c2O)cc1.Oc1ccc(N=Cc2cccc(O)c2O)cc1. The van der Waals surface area contributed by atoms with Gasteiger partial charge in [-0.1, -0.05) is 12.1 Å². The lowest BCUT2D eigenvalue weighted by molar-refractivity contribution is 0.403. The minimum absolute atomic E-state index is 0.171. The maximum Gasteiger partial charge on any atom is 0.166 e. The van der Waals surface area contributed by atoms with Crippen molar-refractivity contribution in [2.45, 2.75) is 0 Å². The molecule has 6 N–H and O–H groups in total. The van der Waals surface area contributed by atoms with E-state index < -0.39 is 0 Å². The van der Waals surface area contributed by atoms with Crippen LogP contribution in [0.3, 0.4) is 0 Å².